The number of urea groups is 1. The molecule has 0 radical (unpaired) electrons. The van der Waals surface area contributed by atoms with Gasteiger partial charge in [-0.1, -0.05) is 19.3 Å². The van der Waals surface area contributed by atoms with Gasteiger partial charge in [0, 0.05) is 32.2 Å². The third-order valence-electron chi connectivity index (χ3n) is 6.20. The van der Waals surface area contributed by atoms with Crippen molar-refractivity contribution in [3.8, 4) is 0 Å². The van der Waals surface area contributed by atoms with Crippen molar-refractivity contribution in [1.82, 2.24) is 19.8 Å². The van der Waals surface area contributed by atoms with Gasteiger partial charge >= 0.3 is 12.2 Å². The molecule has 2 N–H and O–H groups in total. The summed E-state index contributed by atoms with van der Waals surface area (Å²) in [5, 5.41) is 5.17. The van der Waals surface area contributed by atoms with Gasteiger partial charge in [0.05, 0.1) is 16.5 Å². The van der Waals surface area contributed by atoms with Crippen LogP contribution in [0.1, 0.15) is 44.6 Å². The van der Waals surface area contributed by atoms with E-state index in [4.69, 9.17) is 0 Å². The molecule has 1 aliphatic carbocycles. The maximum Gasteiger partial charge on any atom is 0.416 e. The van der Waals surface area contributed by atoms with Crippen molar-refractivity contribution in [1.29, 1.82) is 0 Å². The van der Waals surface area contributed by atoms with Crippen LogP contribution in [0.3, 0.4) is 0 Å². The second-order valence-electron chi connectivity index (χ2n) is 8.44. The second kappa shape index (κ2) is 10.4. The summed E-state index contributed by atoms with van der Waals surface area (Å²) in [5.74, 6) is -0.470. The third-order valence-corrected chi connectivity index (χ3v) is 8.11. The summed E-state index contributed by atoms with van der Waals surface area (Å²) in [7, 11) is -3.95. The summed E-state index contributed by atoms with van der Waals surface area (Å²) in [6.45, 7) is 2.30. The lowest BCUT2D eigenvalue weighted by Crippen LogP contribution is -2.56. The molecule has 0 bridgehead atoms. The number of amides is 3. The van der Waals surface area contributed by atoms with Crippen LogP contribution >= 0.6 is 0 Å². The number of benzene rings is 1. The molecule has 0 unspecified atom stereocenters. The number of hydrogen-bond donors (Lipinski definition) is 2. The Morgan fingerprint density at radius 3 is 2.12 bits per heavy atom. The Hall–Kier alpha value is -2.18. The van der Waals surface area contributed by atoms with E-state index in [-0.39, 0.29) is 37.1 Å². The standard InChI is InChI=1S/C21H29F3N4O4S/c1-15(19(29)26-20(30)25-17-5-3-2-4-6-17)27-11-13-28(14-12-27)33(31,32)18-9-7-16(8-10-18)21(22,23)24/h7-10,15,17H,2-6,11-14H2,1H3,(H2,25,26,29,30)/t15-/m0/s1. The van der Waals surface area contributed by atoms with E-state index in [1.165, 1.54) is 4.31 Å². The van der Waals surface area contributed by atoms with Gasteiger partial charge in [-0.3, -0.25) is 15.0 Å². The van der Waals surface area contributed by atoms with Gasteiger partial charge in [-0.2, -0.15) is 17.5 Å². The third kappa shape index (κ3) is 6.45. The van der Waals surface area contributed by atoms with E-state index in [0.29, 0.717) is 0 Å². The molecule has 1 aliphatic heterocycles. The molecular formula is C21H29F3N4O4S. The van der Waals surface area contributed by atoms with Gasteiger partial charge < -0.3 is 5.32 Å². The highest BCUT2D eigenvalue weighted by molar-refractivity contribution is 7.89. The number of carbonyl (C=O) groups is 2. The van der Waals surface area contributed by atoms with Gasteiger partial charge in [-0.15, -0.1) is 0 Å². The molecule has 0 aromatic heterocycles. The van der Waals surface area contributed by atoms with E-state index in [1.807, 2.05) is 0 Å². The first-order valence-corrected chi connectivity index (χ1v) is 12.5. The van der Waals surface area contributed by atoms with Gasteiger partial charge in [0.15, 0.2) is 0 Å². The fourth-order valence-electron chi connectivity index (χ4n) is 4.15. The number of sulfonamides is 1. The van der Waals surface area contributed by atoms with Crippen LogP contribution in [0.25, 0.3) is 0 Å². The monoisotopic (exact) mass is 490 g/mol. The number of nitrogens with zero attached hydrogens (tertiary/aromatic N) is 2. The Kier molecular flexibility index (Phi) is 8.01. The summed E-state index contributed by atoms with van der Waals surface area (Å²) in [5.41, 5.74) is -0.918. The molecule has 3 amide bonds. The molecule has 2 fully saturated rings. The van der Waals surface area contributed by atoms with Gasteiger partial charge in [0.2, 0.25) is 15.9 Å². The highest BCUT2D eigenvalue weighted by Crippen LogP contribution is 2.30. The molecule has 1 heterocycles. The Morgan fingerprint density at radius 1 is 1.00 bits per heavy atom. The summed E-state index contributed by atoms with van der Waals surface area (Å²) >= 11 is 0. The van der Waals surface area contributed by atoms with Crippen molar-refractivity contribution in [2.24, 2.45) is 0 Å². The first-order valence-electron chi connectivity index (χ1n) is 11.0. The molecule has 3 rings (SSSR count). The predicted octanol–water partition coefficient (Wildman–Crippen LogP) is 2.56. The predicted molar refractivity (Wildman–Crippen MR) is 115 cm³/mol. The maximum absolute atomic E-state index is 12.8. The average Bonchev–Trinajstić information content (AvgIpc) is 2.78. The summed E-state index contributed by atoms with van der Waals surface area (Å²) in [4.78, 5) is 26.1. The molecule has 8 nitrogen and oxygen atoms in total. The summed E-state index contributed by atoms with van der Waals surface area (Å²) in [6.07, 6.45) is 0.497. The summed E-state index contributed by atoms with van der Waals surface area (Å²) < 4.78 is 64.9. The van der Waals surface area contributed by atoms with Gasteiger partial charge in [0.25, 0.3) is 0 Å². The molecule has 1 aromatic carbocycles. The minimum absolute atomic E-state index is 0.0702. The Bertz CT molecular complexity index is 939. The first-order chi connectivity index (χ1) is 15.5. The fourth-order valence-corrected chi connectivity index (χ4v) is 5.57. The fraction of sp³-hybridized carbons (Fsp3) is 0.619. The number of hydrogen-bond acceptors (Lipinski definition) is 5. The quantitative estimate of drug-likeness (QED) is 0.661. The van der Waals surface area contributed by atoms with Crippen molar-refractivity contribution in [3.63, 3.8) is 0 Å². The number of alkyl halides is 3. The summed E-state index contributed by atoms with van der Waals surface area (Å²) in [6, 6.07) is 2.29. The van der Waals surface area contributed by atoms with E-state index >= 15 is 0 Å². The number of rotatable bonds is 5. The van der Waals surface area contributed by atoms with Gasteiger partial charge in [-0.25, -0.2) is 13.2 Å². The molecule has 33 heavy (non-hydrogen) atoms. The minimum atomic E-state index is -4.54. The van der Waals surface area contributed by atoms with Crippen molar-refractivity contribution in [3.05, 3.63) is 29.8 Å². The molecule has 2 aliphatic rings. The number of halogens is 3. The van der Waals surface area contributed by atoms with Gasteiger partial charge in [-0.05, 0) is 44.0 Å². The van der Waals surface area contributed by atoms with Crippen molar-refractivity contribution in [2.45, 2.75) is 62.2 Å². The molecule has 1 atom stereocenters. The normalized spacial score (nSPS) is 20.2. The van der Waals surface area contributed by atoms with E-state index in [1.54, 1.807) is 11.8 Å². The van der Waals surface area contributed by atoms with Crippen molar-refractivity contribution < 1.29 is 31.2 Å². The Morgan fingerprint density at radius 2 is 1.58 bits per heavy atom. The van der Waals surface area contributed by atoms with Crippen molar-refractivity contribution >= 4 is 22.0 Å². The van der Waals surface area contributed by atoms with Crippen LogP contribution in [0.15, 0.2) is 29.2 Å². The average molecular weight is 491 g/mol. The molecule has 12 heteroatoms. The van der Waals surface area contributed by atoms with E-state index in [2.05, 4.69) is 10.6 Å². The van der Waals surface area contributed by atoms with E-state index in [0.717, 1.165) is 56.4 Å². The van der Waals surface area contributed by atoms with Crippen LogP contribution < -0.4 is 10.6 Å². The highest BCUT2D eigenvalue weighted by Gasteiger charge is 2.34. The molecule has 0 spiro atoms. The SMILES string of the molecule is C[C@@H](C(=O)NC(=O)NC1CCCCC1)N1CCN(S(=O)(=O)c2ccc(C(F)(F)F)cc2)CC1. The molecular weight excluding hydrogens is 461 g/mol. The van der Waals surface area contributed by atoms with Crippen LogP contribution in [0.5, 0.6) is 0 Å². The minimum Gasteiger partial charge on any atom is -0.335 e. The largest absolute Gasteiger partial charge is 0.416 e. The van der Waals surface area contributed by atoms with Crippen LogP contribution in [0.2, 0.25) is 0 Å². The number of imide groups is 1. The zero-order valence-electron chi connectivity index (χ0n) is 18.4. The molecule has 1 saturated heterocycles. The number of carbonyl (C=O) groups excluding carboxylic acids is 2. The topological polar surface area (TPSA) is 98.8 Å². The van der Waals surface area contributed by atoms with Crippen LogP contribution in [-0.2, 0) is 21.0 Å². The van der Waals surface area contributed by atoms with Crippen LogP contribution in [0, 0.1) is 0 Å². The van der Waals surface area contributed by atoms with Crippen LogP contribution in [0.4, 0.5) is 18.0 Å². The van der Waals surface area contributed by atoms with Crippen molar-refractivity contribution in [2.75, 3.05) is 26.2 Å². The lowest BCUT2D eigenvalue weighted by Gasteiger charge is -2.36. The van der Waals surface area contributed by atoms with E-state index in [9.17, 15) is 31.2 Å². The zero-order valence-corrected chi connectivity index (χ0v) is 19.2. The van der Waals surface area contributed by atoms with Gasteiger partial charge in [0.1, 0.15) is 0 Å². The maximum atomic E-state index is 12.8. The molecule has 184 valence electrons. The number of piperazine rings is 1. The lowest BCUT2D eigenvalue weighted by molar-refractivity contribution is -0.137. The molecule has 1 saturated carbocycles. The lowest BCUT2D eigenvalue weighted by atomic mass is 9.96. The Labute approximate surface area is 191 Å². The first kappa shape index (κ1) is 25.4. The van der Waals surface area contributed by atoms with E-state index < -0.39 is 39.7 Å². The molecule has 1 aromatic rings. The zero-order chi connectivity index (χ0) is 24.2. The Balaban J connectivity index is 1.51. The van der Waals surface area contributed by atoms with Crippen LogP contribution in [-0.4, -0.2) is 67.8 Å². The number of nitrogens with one attached hydrogen (secondary N) is 2. The second-order valence-corrected chi connectivity index (χ2v) is 10.4. The smallest absolute Gasteiger partial charge is 0.335 e. The highest BCUT2D eigenvalue weighted by atomic mass is 32.2.